The first-order valence-corrected chi connectivity index (χ1v) is 6.90. The lowest BCUT2D eigenvalue weighted by Gasteiger charge is -2.10. The Morgan fingerprint density at radius 3 is 2.83 bits per heavy atom. The normalized spacial score (nSPS) is 11.0. The molecule has 1 heterocycles. The zero-order chi connectivity index (χ0) is 17.1. The molecule has 0 fully saturated rings. The van der Waals surface area contributed by atoms with Gasteiger partial charge in [-0.15, -0.1) is 0 Å². The molecule has 0 aliphatic heterocycles. The summed E-state index contributed by atoms with van der Waals surface area (Å²) in [5, 5.41) is 37.2. The number of nitrogens with zero attached hydrogens (tertiary/aromatic N) is 6. The molecule has 0 N–H and O–H groups in total. The summed E-state index contributed by atoms with van der Waals surface area (Å²) in [5.41, 5.74) is 0.570. The first kappa shape index (κ1) is 15.6. The fraction of sp³-hybridized carbons (Fsp3) is 0. The minimum Gasteiger partial charge on any atom is -0.867 e. The van der Waals surface area contributed by atoms with E-state index in [1.54, 1.807) is 24.3 Å². The minimum absolute atomic E-state index is 0.0208. The highest BCUT2D eigenvalue weighted by Gasteiger charge is 2.11. The molecule has 0 saturated heterocycles. The van der Waals surface area contributed by atoms with E-state index in [4.69, 9.17) is 11.6 Å². The highest BCUT2D eigenvalue weighted by molar-refractivity contribution is 6.31. The number of aliphatic imine (C=N–C) groups is 1. The van der Waals surface area contributed by atoms with Gasteiger partial charge in [0, 0.05) is 23.1 Å². The zero-order valence-corrected chi connectivity index (χ0v) is 12.6. The number of halogens is 1. The third-order valence-electron chi connectivity index (χ3n) is 3.04. The van der Waals surface area contributed by atoms with Gasteiger partial charge in [0.1, 0.15) is 0 Å². The quantitative estimate of drug-likeness (QED) is 0.401. The van der Waals surface area contributed by atoms with E-state index in [0.717, 1.165) is 6.07 Å². The largest absolute Gasteiger partial charge is 0.867 e. The third kappa shape index (κ3) is 3.20. The molecule has 0 radical (unpaired) electrons. The molecular weight excluding hydrogens is 336 g/mol. The van der Waals surface area contributed by atoms with E-state index >= 15 is 0 Å². The van der Waals surface area contributed by atoms with Gasteiger partial charge in [-0.3, -0.25) is 25.4 Å². The van der Waals surface area contributed by atoms with E-state index in [1.165, 1.54) is 12.3 Å². The molecule has 0 unspecified atom stereocenters. The van der Waals surface area contributed by atoms with Crippen LogP contribution >= 0.6 is 11.6 Å². The van der Waals surface area contributed by atoms with Crippen molar-refractivity contribution in [2.45, 2.75) is 0 Å². The van der Waals surface area contributed by atoms with E-state index in [0.29, 0.717) is 17.1 Å². The summed E-state index contributed by atoms with van der Waals surface area (Å²) in [6.45, 7) is 0. The summed E-state index contributed by atoms with van der Waals surface area (Å²) in [5.74, 6) is -0.410. The van der Waals surface area contributed by atoms with Crippen LogP contribution in [0.1, 0.15) is 5.56 Å². The average molecular weight is 343 g/mol. The lowest BCUT2D eigenvalue weighted by Crippen LogP contribution is -2.02. The molecule has 0 bridgehead atoms. The van der Waals surface area contributed by atoms with Crippen LogP contribution < -0.4 is 10.2 Å². The van der Waals surface area contributed by atoms with Gasteiger partial charge < -0.3 is 10.2 Å². The Kier molecular flexibility index (Phi) is 4.17. The summed E-state index contributed by atoms with van der Waals surface area (Å²) in [6, 6.07) is 9.15. The van der Waals surface area contributed by atoms with Crippen LogP contribution in [0.4, 0.5) is 11.4 Å². The van der Waals surface area contributed by atoms with Crippen molar-refractivity contribution < 1.29 is 10.0 Å². The number of tetrazole rings is 1. The van der Waals surface area contributed by atoms with Crippen molar-refractivity contribution in [3.8, 4) is 17.1 Å². The molecule has 0 saturated carbocycles. The van der Waals surface area contributed by atoms with Crippen LogP contribution in [0.15, 0.2) is 41.4 Å². The third-order valence-corrected chi connectivity index (χ3v) is 3.25. The number of nitro groups is 1. The molecule has 2 aromatic carbocycles. The lowest BCUT2D eigenvalue weighted by molar-refractivity contribution is -0.398. The fourth-order valence-corrected chi connectivity index (χ4v) is 2.18. The standard InChI is InChI=1S/C14H8ClN6O3/c15-10-4-9(13(22)12(6-10)21(23)24)7-16-11-3-1-2-8(5-11)14-17-19-20-18-14/h1-7H,(H-,16,17,18,19,20,22)/q-1/p-1. The molecule has 3 aromatic rings. The number of benzene rings is 2. The Balaban J connectivity index is 1.95. The summed E-state index contributed by atoms with van der Waals surface area (Å²) < 4.78 is 0. The summed E-state index contributed by atoms with van der Waals surface area (Å²) >= 11 is 5.81. The zero-order valence-electron chi connectivity index (χ0n) is 11.8. The maximum Gasteiger partial charge on any atom is 0.263 e. The van der Waals surface area contributed by atoms with Gasteiger partial charge in [-0.25, -0.2) is 0 Å². The van der Waals surface area contributed by atoms with Gasteiger partial charge in [0.2, 0.25) is 0 Å². The average Bonchev–Trinajstić information content (AvgIpc) is 3.10. The van der Waals surface area contributed by atoms with Crippen LogP contribution in [0.3, 0.4) is 0 Å². The number of nitro benzene ring substituents is 1. The number of hydrogen-bond acceptors (Lipinski definition) is 7. The molecule has 10 heteroatoms. The van der Waals surface area contributed by atoms with E-state index in [2.05, 4.69) is 25.6 Å². The molecule has 24 heavy (non-hydrogen) atoms. The van der Waals surface area contributed by atoms with Crippen molar-refractivity contribution >= 4 is 29.2 Å². The smallest absolute Gasteiger partial charge is 0.263 e. The van der Waals surface area contributed by atoms with Crippen molar-refractivity contribution in [2.75, 3.05) is 0 Å². The minimum atomic E-state index is -0.779. The van der Waals surface area contributed by atoms with Crippen molar-refractivity contribution in [2.24, 2.45) is 4.99 Å². The highest BCUT2D eigenvalue weighted by atomic mass is 35.5. The van der Waals surface area contributed by atoms with Crippen molar-refractivity contribution in [1.29, 1.82) is 0 Å². The Morgan fingerprint density at radius 1 is 1.29 bits per heavy atom. The van der Waals surface area contributed by atoms with Crippen LogP contribution in [-0.2, 0) is 0 Å². The second-order valence-electron chi connectivity index (χ2n) is 4.61. The van der Waals surface area contributed by atoms with E-state index < -0.39 is 16.4 Å². The van der Waals surface area contributed by atoms with Gasteiger partial charge in [0.25, 0.3) is 5.69 Å². The lowest BCUT2D eigenvalue weighted by atomic mass is 10.1. The molecule has 0 spiro atoms. The fourth-order valence-electron chi connectivity index (χ4n) is 1.96. The molecule has 0 atom stereocenters. The predicted octanol–water partition coefficient (Wildman–Crippen LogP) is 1.88. The van der Waals surface area contributed by atoms with E-state index in [1.807, 2.05) is 0 Å². The van der Waals surface area contributed by atoms with Crippen LogP contribution in [0.2, 0.25) is 5.02 Å². The maximum atomic E-state index is 12.0. The van der Waals surface area contributed by atoms with Gasteiger partial charge >= 0.3 is 0 Å². The summed E-state index contributed by atoms with van der Waals surface area (Å²) in [6.07, 6.45) is 1.22. The topological polar surface area (TPSA) is 131 Å². The molecule has 0 aliphatic rings. The number of hydrogen-bond donors (Lipinski definition) is 0. The highest BCUT2D eigenvalue weighted by Crippen LogP contribution is 2.30. The monoisotopic (exact) mass is 342 g/mol. The van der Waals surface area contributed by atoms with Gasteiger partial charge in [-0.2, -0.15) is 5.21 Å². The second-order valence-corrected chi connectivity index (χ2v) is 5.05. The van der Waals surface area contributed by atoms with Crippen molar-refractivity contribution in [3.63, 3.8) is 0 Å². The van der Waals surface area contributed by atoms with E-state index in [-0.39, 0.29) is 10.6 Å². The SMILES string of the molecule is O=[N+]([O-])c1cc(Cl)cc(C=Nc2cccc(-c3nnn[n-]3)c2)c1[O-]. The molecule has 0 amide bonds. The Hall–Kier alpha value is -3.33. The molecular formula is C14H7ClN6O3-2. The first-order chi connectivity index (χ1) is 11.5. The van der Waals surface area contributed by atoms with Crippen molar-refractivity contribution in [3.05, 3.63) is 57.1 Å². The first-order valence-electron chi connectivity index (χ1n) is 6.53. The van der Waals surface area contributed by atoms with Crippen LogP contribution in [-0.4, -0.2) is 26.7 Å². The number of aromatic nitrogens is 4. The second kappa shape index (κ2) is 6.42. The predicted molar refractivity (Wildman–Crippen MR) is 83.4 cm³/mol. The van der Waals surface area contributed by atoms with Gasteiger partial charge in [0.05, 0.1) is 10.6 Å². The van der Waals surface area contributed by atoms with Crippen molar-refractivity contribution in [1.82, 2.24) is 20.6 Å². The number of rotatable bonds is 4. The molecule has 120 valence electrons. The Bertz CT molecular complexity index is 926. The molecule has 9 nitrogen and oxygen atoms in total. The van der Waals surface area contributed by atoms with Gasteiger partial charge in [-0.1, -0.05) is 23.7 Å². The van der Waals surface area contributed by atoms with E-state index in [9.17, 15) is 15.2 Å². The molecule has 0 aliphatic carbocycles. The summed E-state index contributed by atoms with van der Waals surface area (Å²) in [7, 11) is 0. The Morgan fingerprint density at radius 2 is 2.12 bits per heavy atom. The van der Waals surface area contributed by atoms with Crippen LogP contribution in [0.5, 0.6) is 5.75 Å². The molecule has 1 aromatic heterocycles. The van der Waals surface area contributed by atoms with Gasteiger partial charge in [0.15, 0.2) is 0 Å². The van der Waals surface area contributed by atoms with Gasteiger partial charge in [-0.05, 0) is 35.1 Å². The van der Waals surface area contributed by atoms with Crippen LogP contribution in [0, 0.1) is 10.1 Å². The maximum absolute atomic E-state index is 12.0. The molecule has 3 rings (SSSR count). The Labute approximate surface area is 139 Å². The van der Waals surface area contributed by atoms with Crippen LogP contribution in [0.25, 0.3) is 11.4 Å². The summed E-state index contributed by atoms with van der Waals surface area (Å²) in [4.78, 5) is 14.2.